The zero-order chi connectivity index (χ0) is 25.7. The lowest BCUT2D eigenvalue weighted by Crippen LogP contribution is -2.48. The third-order valence-electron chi connectivity index (χ3n) is 7.50. The second-order valence-electron chi connectivity index (χ2n) is 12.4. The van der Waals surface area contributed by atoms with Crippen LogP contribution in [0.15, 0.2) is 12.2 Å². The Bertz CT molecular complexity index is 553. The number of unbranched alkanes of at least 4 members (excludes halogenated alkanes) is 10. The van der Waals surface area contributed by atoms with Crippen molar-refractivity contribution in [1.29, 1.82) is 0 Å². The predicted octanol–water partition coefficient (Wildman–Crippen LogP) is 8.54. The molecular formula is C29H58O4Si. The molecule has 202 valence electrons. The van der Waals surface area contributed by atoms with Crippen molar-refractivity contribution in [2.24, 2.45) is 0 Å². The van der Waals surface area contributed by atoms with Gasteiger partial charge in [-0.1, -0.05) is 97.6 Å². The minimum atomic E-state index is -1.99. The van der Waals surface area contributed by atoms with E-state index >= 15 is 0 Å². The van der Waals surface area contributed by atoms with Crippen LogP contribution in [0.4, 0.5) is 0 Å². The Morgan fingerprint density at radius 2 is 1.53 bits per heavy atom. The molecular weight excluding hydrogens is 440 g/mol. The molecule has 3 atom stereocenters. The maximum atomic E-state index is 10.8. The average Bonchev–Trinajstić information content (AvgIpc) is 3.09. The van der Waals surface area contributed by atoms with Gasteiger partial charge in [0.05, 0.1) is 18.8 Å². The predicted molar refractivity (Wildman–Crippen MR) is 148 cm³/mol. The van der Waals surface area contributed by atoms with Gasteiger partial charge in [-0.05, 0) is 51.2 Å². The quantitative estimate of drug-likeness (QED) is 0.117. The molecule has 34 heavy (non-hydrogen) atoms. The molecule has 1 aliphatic rings. The number of hydrogen-bond acceptors (Lipinski definition) is 4. The molecule has 1 fully saturated rings. The van der Waals surface area contributed by atoms with Crippen LogP contribution in [0.25, 0.3) is 0 Å². The Kier molecular flexibility index (Phi) is 14.8. The topological polar surface area (TPSA) is 47.9 Å². The van der Waals surface area contributed by atoms with Gasteiger partial charge in [0.2, 0.25) is 0 Å². The molecule has 0 spiro atoms. The van der Waals surface area contributed by atoms with Gasteiger partial charge in [0.1, 0.15) is 6.10 Å². The summed E-state index contributed by atoms with van der Waals surface area (Å²) in [6.07, 6.45) is 19.7. The van der Waals surface area contributed by atoms with Crippen LogP contribution >= 0.6 is 0 Å². The van der Waals surface area contributed by atoms with E-state index in [9.17, 15) is 5.11 Å². The zero-order valence-electron chi connectivity index (χ0n) is 24.0. The molecule has 0 amide bonds. The number of hydrogen-bond donors (Lipinski definition) is 1. The van der Waals surface area contributed by atoms with Crippen molar-refractivity contribution < 1.29 is 19.0 Å². The van der Waals surface area contributed by atoms with E-state index in [1.807, 2.05) is 13.8 Å². The van der Waals surface area contributed by atoms with Crippen LogP contribution in [-0.4, -0.2) is 44.1 Å². The summed E-state index contributed by atoms with van der Waals surface area (Å²) >= 11 is 0. The van der Waals surface area contributed by atoms with Crippen LogP contribution in [0.2, 0.25) is 18.1 Å². The van der Waals surface area contributed by atoms with Crippen LogP contribution in [0.5, 0.6) is 0 Å². The number of rotatable bonds is 18. The molecule has 0 bridgehead atoms. The summed E-state index contributed by atoms with van der Waals surface area (Å²) in [4.78, 5) is 0. The number of ether oxygens (including phenoxy) is 2. The highest BCUT2D eigenvalue weighted by molar-refractivity contribution is 6.74. The first-order valence-electron chi connectivity index (χ1n) is 14.2. The third kappa shape index (κ3) is 13.2. The molecule has 1 rings (SSSR count). The third-order valence-corrected chi connectivity index (χ3v) is 12.0. The van der Waals surface area contributed by atoms with Crippen LogP contribution in [0.3, 0.4) is 0 Å². The second-order valence-corrected chi connectivity index (χ2v) is 17.1. The first-order chi connectivity index (χ1) is 15.9. The van der Waals surface area contributed by atoms with E-state index in [-0.39, 0.29) is 17.2 Å². The van der Waals surface area contributed by atoms with Gasteiger partial charge in [-0.2, -0.15) is 0 Å². The van der Waals surface area contributed by atoms with Crippen LogP contribution < -0.4 is 0 Å². The highest BCUT2D eigenvalue weighted by atomic mass is 28.4. The van der Waals surface area contributed by atoms with Gasteiger partial charge in [-0.25, -0.2) is 0 Å². The lowest BCUT2D eigenvalue weighted by atomic mass is 10.0. The summed E-state index contributed by atoms with van der Waals surface area (Å²) in [6.45, 7) is 18.0. The van der Waals surface area contributed by atoms with Crippen molar-refractivity contribution in [2.45, 2.75) is 167 Å². The molecule has 1 aliphatic heterocycles. The maximum Gasteiger partial charge on any atom is 0.192 e. The summed E-state index contributed by atoms with van der Waals surface area (Å²) in [5, 5.41) is 10.9. The molecule has 4 nitrogen and oxygen atoms in total. The highest BCUT2D eigenvalue weighted by Crippen LogP contribution is 2.39. The molecule has 0 aromatic carbocycles. The molecule has 0 radical (unpaired) electrons. The number of aliphatic hydroxyl groups excluding tert-OH is 1. The number of allylic oxidation sites excluding steroid dienone is 1. The van der Waals surface area contributed by atoms with Crippen molar-refractivity contribution >= 4 is 8.32 Å². The molecule has 0 unspecified atom stereocenters. The Balaban J connectivity index is 2.34. The van der Waals surface area contributed by atoms with Gasteiger partial charge < -0.3 is 19.0 Å². The van der Waals surface area contributed by atoms with Crippen molar-refractivity contribution in [2.75, 3.05) is 6.61 Å². The normalized spacial score (nSPS) is 20.8. The molecule has 0 aromatic heterocycles. The van der Waals surface area contributed by atoms with Gasteiger partial charge in [0.15, 0.2) is 14.1 Å². The maximum absolute atomic E-state index is 10.8. The molecule has 1 saturated heterocycles. The van der Waals surface area contributed by atoms with E-state index in [0.29, 0.717) is 19.4 Å². The lowest BCUT2D eigenvalue weighted by Gasteiger charge is -2.41. The van der Waals surface area contributed by atoms with Gasteiger partial charge >= 0.3 is 0 Å². The SMILES string of the molecule is CCCCCCCCCCCC/C=C/C[C@H](O)C[C@H](O[Si](C)(C)C(C)(C)C)[C@H]1COC(C)(C)O1. The average molecular weight is 499 g/mol. The van der Waals surface area contributed by atoms with E-state index in [1.165, 1.54) is 64.2 Å². The Labute approximate surface area is 213 Å². The highest BCUT2D eigenvalue weighted by Gasteiger charge is 2.44. The second kappa shape index (κ2) is 15.8. The molecule has 1 heterocycles. The fourth-order valence-electron chi connectivity index (χ4n) is 4.21. The molecule has 0 saturated carbocycles. The van der Waals surface area contributed by atoms with Gasteiger partial charge in [0.25, 0.3) is 0 Å². The van der Waals surface area contributed by atoms with Crippen LogP contribution in [0, 0.1) is 0 Å². The molecule has 0 aliphatic carbocycles. The van der Waals surface area contributed by atoms with Crippen LogP contribution in [0.1, 0.15) is 125 Å². The van der Waals surface area contributed by atoms with Crippen molar-refractivity contribution in [1.82, 2.24) is 0 Å². The van der Waals surface area contributed by atoms with E-state index in [0.717, 1.165) is 6.42 Å². The molecule has 0 aromatic rings. The van der Waals surface area contributed by atoms with Gasteiger partial charge in [-0.15, -0.1) is 0 Å². The summed E-state index contributed by atoms with van der Waals surface area (Å²) in [5.41, 5.74) is 0. The molecule has 5 heteroatoms. The Morgan fingerprint density at radius 3 is 2.03 bits per heavy atom. The van der Waals surface area contributed by atoms with E-state index in [1.54, 1.807) is 0 Å². The summed E-state index contributed by atoms with van der Waals surface area (Å²) in [6, 6.07) is 0. The first-order valence-corrected chi connectivity index (χ1v) is 17.1. The van der Waals surface area contributed by atoms with Gasteiger partial charge in [0, 0.05) is 6.42 Å². The van der Waals surface area contributed by atoms with Crippen LogP contribution in [-0.2, 0) is 13.9 Å². The largest absolute Gasteiger partial charge is 0.411 e. The lowest BCUT2D eigenvalue weighted by molar-refractivity contribution is -0.151. The Morgan fingerprint density at radius 1 is 0.971 bits per heavy atom. The Hall–Kier alpha value is -0.203. The number of aliphatic hydroxyl groups is 1. The summed E-state index contributed by atoms with van der Waals surface area (Å²) in [7, 11) is -1.99. The smallest absolute Gasteiger partial charge is 0.192 e. The zero-order valence-corrected chi connectivity index (χ0v) is 25.0. The summed E-state index contributed by atoms with van der Waals surface area (Å²) in [5.74, 6) is -0.584. The van der Waals surface area contributed by atoms with E-state index in [2.05, 4.69) is 52.9 Å². The minimum absolute atomic E-state index is 0.111. The first kappa shape index (κ1) is 31.8. The minimum Gasteiger partial charge on any atom is -0.411 e. The fourth-order valence-corrected chi connectivity index (χ4v) is 5.57. The van der Waals surface area contributed by atoms with Gasteiger partial charge in [-0.3, -0.25) is 0 Å². The standard InChI is InChI=1S/C29H58O4Si/c1-9-10-11-12-13-14-15-16-17-18-19-20-21-22-25(30)23-26(27-24-31-29(5,6)32-27)33-34(7,8)28(2,3)4/h20-21,25-27,30H,9-19,22-24H2,1-8H3/b21-20+/t25-,26-,27+/m0/s1. The van der Waals surface area contributed by atoms with E-state index in [4.69, 9.17) is 13.9 Å². The summed E-state index contributed by atoms with van der Waals surface area (Å²) < 4.78 is 18.7. The monoisotopic (exact) mass is 498 g/mol. The fraction of sp³-hybridized carbons (Fsp3) is 0.931. The van der Waals surface area contributed by atoms with E-state index < -0.39 is 20.2 Å². The van der Waals surface area contributed by atoms with Crippen molar-refractivity contribution in [3.8, 4) is 0 Å². The van der Waals surface area contributed by atoms with Crippen molar-refractivity contribution in [3.05, 3.63) is 12.2 Å². The van der Waals surface area contributed by atoms with Crippen molar-refractivity contribution in [3.63, 3.8) is 0 Å². The molecule has 1 N–H and O–H groups in total.